The van der Waals surface area contributed by atoms with Crippen molar-refractivity contribution in [2.24, 2.45) is 0 Å². The van der Waals surface area contributed by atoms with Crippen LogP contribution in [0.4, 0.5) is 0 Å². The molecule has 8 heteroatoms. The fourth-order valence-corrected chi connectivity index (χ4v) is 3.49. The van der Waals surface area contributed by atoms with E-state index in [1.165, 1.54) is 12.1 Å². The van der Waals surface area contributed by atoms with Crippen molar-refractivity contribution in [3.63, 3.8) is 0 Å². The first-order valence-electron chi connectivity index (χ1n) is 7.23. The van der Waals surface area contributed by atoms with Crippen LogP contribution in [0.2, 0.25) is 0 Å². The van der Waals surface area contributed by atoms with E-state index in [1.54, 1.807) is 24.3 Å². The van der Waals surface area contributed by atoms with Crippen molar-refractivity contribution in [2.45, 2.75) is 12.2 Å². The average molecular weight is 351 g/mol. The number of hydrogen-bond donors (Lipinski definition) is 2. The predicted octanol–water partition coefficient (Wildman–Crippen LogP) is 1.71. The normalized spacial score (nSPS) is 11.2. The van der Waals surface area contributed by atoms with Crippen molar-refractivity contribution in [3.8, 4) is 0 Å². The molecule has 24 heavy (non-hydrogen) atoms. The highest BCUT2D eigenvalue weighted by atomic mass is 32.2. The lowest BCUT2D eigenvalue weighted by Gasteiger charge is -2.05. The van der Waals surface area contributed by atoms with E-state index >= 15 is 0 Å². The molecule has 0 radical (unpaired) electrons. The van der Waals surface area contributed by atoms with Gasteiger partial charge in [0.15, 0.2) is 15.6 Å². The van der Waals surface area contributed by atoms with Gasteiger partial charge in [0.25, 0.3) is 5.91 Å². The van der Waals surface area contributed by atoms with Gasteiger partial charge in [-0.05, 0) is 24.1 Å². The predicted molar refractivity (Wildman–Crippen MR) is 86.6 cm³/mol. The zero-order chi connectivity index (χ0) is 17.6. The second kappa shape index (κ2) is 7.78. The molecule has 0 saturated carbocycles. The Morgan fingerprint density at radius 2 is 1.71 bits per heavy atom. The number of furan rings is 1. The Morgan fingerprint density at radius 3 is 2.33 bits per heavy atom. The number of nitrogens with one attached hydrogen (secondary N) is 1. The number of benzene rings is 1. The van der Waals surface area contributed by atoms with Crippen molar-refractivity contribution >= 4 is 21.7 Å². The SMILES string of the molecule is O=C(O)c1ccc(C(=O)NCCCS(=O)(=O)Cc2ccccc2)o1. The Kier molecular flexibility index (Phi) is 5.75. The van der Waals surface area contributed by atoms with Crippen LogP contribution in [0.25, 0.3) is 0 Å². The van der Waals surface area contributed by atoms with Gasteiger partial charge in [-0.1, -0.05) is 30.3 Å². The minimum Gasteiger partial charge on any atom is -0.475 e. The van der Waals surface area contributed by atoms with Gasteiger partial charge in [0.1, 0.15) is 0 Å². The maximum atomic E-state index is 12.0. The number of carbonyl (C=O) groups is 2. The van der Waals surface area contributed by atoms with E-state index in [9.17, 15) is 18.0 Å². The first kappa shape index (κ1) is 17.7. The van der Waals surface area contributed by atoms with Gasteiger partial charge in [-0.2, -0.15) is 0 Å². The molecule has 1 heterocycles. The van der Waals surface area contributed by atoms with E-state index in [2.05, 4.69) is 5.32 Å². The average Bonchev–Trinajstić information content (AvgIpc) is 3.02. The summed E-state index contributed by atoms with van der Waals surface area (Å²) in [6.45, 7) is 0.149. The second-order valence-corrected chi connectivity index (χ2v) is 7.34. The van der Waals surface area contributed by atoms with Crippen molar-refractivity contribution < 1.29 is 27.5 Å². The van der Waals surface area contributed by atoms with Crippen LogP contribution in [-0.2, 0) is 15.6 Å². The van der Waals surface area contributed by atoms with Crippen LogP contribution in [0.1, 0.15) is 33.1 Å². The number of carboxylic acids is 1. The molecule has 2 N–H and O–H groups in total. The zero-order valence-electron chi connectivity index (χ0n) is 12.8. The van der Waals surface area contributed by atoms with Crippen LogP contribution < -0.4 is 5.32 Å². The Labute approximate surface area is 139 Å². The monoisotopic (exact) mass is 351 g/mol. The second-order valence-electron chi connectivity index (χ2n) is 5.16. The maximum Gasteiger partial charge on any atom is 0.371 e. The van der Waals surface area contributed by atoms with Crippen molar-refractivity contribution in [2.75, 3.05) is 12.3 Å². The summed E-state index contributed by atoms with van der Waals surface area (Å²) >= 11 is 0. The Hall–Kier alpha value is -2.61. The molecule has 0 atom stereocenters. The largest absolute Gasteiger partial charge is 0.475 e. The minimum atomic E-state index is -3.26. The van der Waals surface area contributed by atoms with Gasteiger partial charge in [0.2, 0.25) is 5.76 Å². The van der Waals surface area contributed by atoms with Crippen molar-refractivity contribution in [3.05, 3.63) is 59.5 Å². The van der Waals surface area contributed by atoms with Crippen LogP contribution in [0.15, 0.2) is 46.9 Å². The summed E-state index contributed by atoms with van der Waals surface area (Å²) in [5.74, 6) is -2.39. The first-order valence-corrected chi connectivity index (χ1v) is 9.05. The summed E-state index contributed by atoms with van der Waals surface area (Å²) in [6, 6.07) is 11.3. The smallest absolute Gasteiger partial charge is 0.371 e. The van der Waals surface area contributed by atoms with Crippen LogP contribution in [-0.4, -0.2) is 37.7 Å². The minimum absolute atomic E-state index is 0.0397. The highest BCUT2D eigenvalue weighted by Crippen LogP contribution is 2.09. The van der Waals surface area contributed by atoms with Gasteiger partial charge in [-0.15, -0.1) is 0 Å². The summed E-state index contributed by atoms with van der Waals surface area (Å²) in [7, 11) is -3.26. The van der Waals surface area contributed by atoms with E-state index in [1.807, 2.05) is 6.07 Å². The van der Waals surface area contributed by atoms with Gasteiger partial charge in [0.05, 0.1) is 11.5 Å². The quantitative estimate of drug-likeness (QED) is 0.700. The van der Waals surface area contributed by atoms with E-state index in [-0.39, 0.29) is 36.0 Å². The highest BCUT2D eigenvalue weighted by molar-refractivity contribution is 7.90. The lowest BCUT2D eigenvalue weighted by Crippen LogP contribution is -2.25. The molecule has 1 amide bonds. The zero-order valence-corrected chi connectivity index (χ0v) is 13.6. The molecule has 0 saturated heterocycles. The molecule has 0 aliphatic carbocycles. The van der Waals surface area contributed by atoms with Gasteiger partial charge in [0, 0.05) is 6.54 Å². The van der Waals surface area contributed by atoms with Gasteiger partial charge in [-0.25, -0.2) is 13.2 Å². The molecule has 2 rings (SSSR count). The fourth-order valence-electron chi connectivity index (χ4n) is 2.06. The molecule has 0 bridgehead atoms. The van der Waals surface area contributed by atoms with Crippen LogP contribution in [0, 0.1) is 0 Å². The van der Waals surface area contributed by atoms with Crippen LogP contribution in [0.3, 0.4) is 0 Å². The highest BCUT2D eigenvalue weighted by Gasteiger charge is 2.15. The molecule has 0 aliphatic heterocycles. The standard InChI is InChI=1S/C16H17NO6S/c18-15(13-7-8-14(23-13)16(19)20)17-9-4-10-24(21,22)11-12-5-2-1-3-6-12/h1-3,5-8H,4,9-11H2,(H,17,18)(H,19,20). The fraction of sp³-hybridized carbons (Fsp3) is 0.250. The van der Waals surface area contributed by atoms with E-state index in [0.717, 1.165) is 5.56 Å². The van der Waals surface area contributed by atoms with Crippen molar-refractivity contribution in [1.82, 2.24) is 5.32 Å². The first-order chi connectivity index (χ1) is 11.4. The third-order valence-electron chi connectivity index (χ3n) is 3.19. The summed E-state index contributed by atoms with van der Waals surface area (Å²) in [6.07, 6.45) is 0.257. The molecule has 1 aromatic heterocycles. The number of carbonyl (C=O) groups excluding carboxylic acids is 1. The molecule has 0 aliphatic rings. The Balaban J connectivity index is 1.77. The van der Waals surface area contributed by atoms with Crippen molar-refractivity contribution in [1.29, 1.82) is 0 Å². The Morgan fingerprint density at radius 1 is 1.04 bits per heavy atom. The molecule has 0 fully saturated rings. The molecule has 1 aromatic carbocycles. The molecule has 0 unspecified atom stereocenters. The van der Waals surface area contributed by atoms with Gasteiger partial charge >= 0.3 is 5.97 Å². The molecule has 0 spiro atoms. The lowest BCUT2D eigenvalue weighted by atomic mass is 10.2. The summed E-state index contributed by atoms with van der Waals surface area (Å²) in [5.41, 5.74) is 0.721. The topological polar surface area (TPSA) is 114 Å². The third kappa shape index (κ3) is 5.24. The van der Waals surface area contributed by atoms with E-state index < -0.39 is 21.7 Å². The van der Waals surface area contributed by atoms with E-state index in [0.29, 0.717) is 0 Å². The number of amides is 1. The summed E-state index contributed by atoms with van der Waals surface area (Å²) in [5, 5.41) is 11.2. The van der Waals surface area contributed by atoms with Gasteiger partial charge < -0.3 is 14.8 Å². The van der Waals surface area contributed by atoms with E-state index in [4.69, 9.17) is 9.52 Å². The summed E-state index contributed by atoms with van der Waals surface area (Å²) < 4.78 is 28.8. The number of sulfone groups is 1. The number of aromatic carboxylic acids is 1. The molecular weight excluding hydrogens is 334 g/mol. The molecule has 2 aromatic rings. The lowest BCUT2D eigenvalue weighted by molar-refractivity contribution is 0.0659. The number of carboxylic acid groups (broad SMARTS) is 1. The van der Waals surface area contributed by atoms with Crippen LogP contribution >= 0.6 is 0 Å². The molecule has 128 valence electrons. The molecular formula is C16H17NO6S. The molecule has 7 nitrogen and oxygen atoms in total. The Bertz CT molecular complexity index is 810. The van der Waals surface area contributed by atoms with Gasteiger partial charge in [-0.3, -0.25) is 4.79 Å². The maximum absolute atomic E-state index is 12.0. The summed E-state index contributed by atoms with van der Waals surface area (Å²) in [4.78, 5) is 22.4. The number of hydrogen-bond acceptors (Lipinski definition) is 5. The number of rotatable bonds is 8. The van der Waals surface area contributed by atoms with Crippen LogP contribution in [0.5, 0.6) is 0 Å². The third-order valence-corrected chi connectivity index (χ3v) is 4.87.